The third kappa shape index (κ3) is 4.38. The molecule has 0 aromatic carbocycles. The van der Waals surface area contributed by atoms with Crippen molar-refractivity contribution < 1.29 is 5.11 Å². The van der Waals surface area contributed by atoms with E-state index >= 15 is 0 Å². The number of rotatable bonds is 7. The molecule has 6 heteroatoms. The number of thiophene rings is 1. The highest BCUT2D eigenvalue weighted by atomic mass is 32.1. The van der Waals surface area contributed by atoms with E-state index in [1.165, 1.54) is 4.88 Å². The van der Waals surface area contributed by atoms with Gasteiger partial charge in [-0.25, -0.2) is 4.98 Å². The van der Waals surface area contributed by atoms with Crippen LogP contribution in [0.1, 0.15) is 23.7 Å². The summed E-state index contributed by atoms with van der Waals surface area (Å²) in [6.45, 7) is 2.96. The van der Waals surface area contributed by atoms with Crippen LogP contribution in [0.15, 0.2) is 29.9 Å². The quantitative estimate of drug-likeness (QED) is 0.813. The fourth-order valence-electron chi connectivity index (χ4n) is 2.49. The van der Waals surface area contributed by atoms with E-state index in [0.29, 0.717) is 13.1 Å². The molecule has 2 rings (SSSR count). The van der Waals surface area contributed by atoms with Gasteiger partial charge in [-0.2, -0.15) is 0 Å². The summed E-state index contributed by atoms with van der Waals surface area (Å²) >= 11 is 1.69. The molecule has 2 atom stereocenters. The van der Waals surface area contributed by atoms with E-state index in [1.54, 1.807) is 17.5 Å². The van der Waals surface area contributed by atoms with Crippen LogP contribution < -0.4 is 5.32 Å². The van der Waals surface area contributed by atoms with Gasteiger partial charge in [0, 0.05) is 37.4 Å². The molecule has 0 aliphatic rings. The van der Waals surface area contributed by atoms with E-state index in [2.05, 4.69) is 21.7 Å². The molecule has 2 heterocycles. The number of nitrogens with one attached hydrogen (secondary N) is 1. The van der Waals surface area contributed by atoms with Gasteiger partial charge in [-0.1, -0.05) is 6.07 Å². The van der Waals surface area contributed by atoms with Crippen molar-refractivity contribution in [2.75, 3.05) is 27.2 Å². The molecular formula is C15H24N4OS. The van der Waals surface area contributed by atoms with Crippen molar-refractivity contribution in [1.29, 1.82) is 0 Å². The highest BCUT2D eigenvalue weighted by Gasteiger charge is 2.25. The van der Waals surface area contributed by atoms with E-state index < -0.39 is 5.60 Å². The summed E-state index contributed by atoms with van der Waals surface area (Å²) in [5, 5.41) is 16.0. The molecule has 0 aliphatic heterocycles. The number of nitrogens with zero attached hydrogens (tertiary/aromatic N) is 3. The van der Waals surface area contributed by atoms with E-state index in [0.717, 1.165) is 5.82 Å². The number of hydrogen-bond donors (Lipinski definition) is 2. The number of aliphatic hydroxyl groups is 1. The summed E-state index contributed by atoms with van der Waals surface area (Å²) in [4.78, 5) is 7.64. The molecule has 2 aromatic rings. The second-order valence-corrected chi connectivity index (χ2v) is 6.94. The lowest BCUT2D eigenvalue weighted by atomic mass is 10.1. The van der Waals surface area contributed by atoms with Gasteiger partial charge in [0.1, 0.15) is 11.9 Å². The number of hydrogen-bond acceptors (Lipinski definition) is 5. The Morgan fingerprint density at radius 3 is 2.81 bits per heavy atom. The van der Waals surface area contributed by atoms with Crippen LogP contribution in [0.4, 0.5) is 0 Å². The molecule has 0 saturated heterocycles. The maximum atomic E-state index is 10.5. The van der Waals surface area contributed by atoms with Gasteiger partial charge >= 0.3 is 0 Å². The molecule has 2 unspecified atom stereocenters. The zero-order chi connectivity index (χ0) is 15.5. The Bertz CT molecular complexity index is 548. The third-order valence-corrected chi connectivity index (χ3v) is 4.23. The Kier molecular flexibility index (Phi) is 5.16. The van der Waals surface area contributed by atoms with Gasteiger partial charge in [0.05, 0.1) is 5.60 Å². The molecule has 0 fully saturated rings. The monoisotopic (exact) mass is 308 g/mol. The molecular weight excluding hydrogens is 284 g/mol. The Labute approximate surface area is 130 Å². The lowest BCUT2D eigenvalue weighted by Crippen LogP contribution is -2.46. The average molecular weight is 308 g/mol. The Morgan fingerprint density at radius 1 is 1.52 bits per heavy atom. The van der Waals surface area contributed by atoms with Crippen LogP contribution in [0.3, 0.4) is 0 Å². The number of aryl methyl sites for hydroxylation is 1. The van der Waals surface area contributed by atoms with Crippen LogP contribution in [0.5, 0.6) is 0 Å². The normalized spacial score (nSPS) is 16.1. The first-order valence-electron chi connectivity index (χ1n) is 7.00. The number of imidazole rings is 1. The summed E-state index contributed by atoms with van der Waals surface area (Å²) in [6, 6.07) is 4.13. The average Bonchev–Trinajstić information content (AvgIpc) is 3.00. The van der Waals surface area contributed by atoms with Crippen LogP contribution in [0, 0.1) is 0 Å². The van der Waals surface area contributed by atoms with Crippen molar-refractivity contribution in [1.82, 2.24) is 19.8 Å². The minimum absolute atomic E-state index is 0.00126. The van der Waals surface area contributed by atoms with Crippen LogP contribution in [-0.4, -0.2) is 52.3 Å². The molecule has 0 spiro atoms. The van der Waals surface area contributed by atoms with Gasteiger partial charge in [-0.15, -0.1) is 11.3 Å². The third-order valence-electron chi connectivity index (χ3n) is 3.29. The lowest BCUT2D eigenvalue weighted by molar-refractivity contribution is 0.0321. The summed E-state index contributed by atoms with van der Waals surface area (Å²) in [6.07, 6.45) is 3.74. The number of likely N-dealkylation sites (N-methyl/N-ethyl adjacent to an activating group) is 1. The Morgan fingerprint density at radius 2 is 2.29 bits per heavy atom. The van der Waals surface area contributed by atoms with Crippen LogP contribution in [0.25, 0.3) is 0 Å². The second-order valence-electron chi connectivity index (χ2n) is 5.96. The smallest absolute Gasteiger partial charge is 0.131 e. The van der Waals surface area contributed by atoms with E-state index in [1.807, 2.05) is 49.8 Å². The van der Waals surface area contributed by atoms with E-state index in [-0.39, 0.29) is 6.04 Å². The van der Waals surface area contributed by atoms with Gasteiger partial charge in [-0.05, 0) is 32.5 Å². The van der Waals surface area contributed by atoms with Crippen molar-refractivity contribution in [3.63, 3.8) is 0 Å². The fraction of sp³-hybridized carbons (Fsp3) is 0.533. The topological polar surface area (TPSA) is 53.3 Å². The molecule has 0 amide bonds. The standard InChI is InChI=1S/C15H24N4OS/c1-15(20,11-18(2)3)10-17-13(12-6-5-9-21-12)14-16-7-8-19(14)4/h5-9,13,17,20H,10-11H2,1-4H3. The van der Waals surface area contributed by atoms with E-state index in [9.17, 15) is 5.11 Å². The molecule has 116 valence electrons. The molecule has 5 nitrogen and oxygen atoms in total. The fourth-order valence-corrected chi connectivity index (χ4v) is 3.29. The highest BCUT2D eigenvalue weighted by molar-refractivity contribution is 7.10. The minimum Gasteiger partial charge on any atom is -0.388 e. The Hall–Kier alpha value is -1.21. The highest BCUT2D eigenvalue weighted by Crippen LogP contribution is 2.25. The predicted octanol–water partition coefficient (Wildman–Crippen LogP) is 1.47. The van der Waals surface area contributed by atoms with Gasteiger partial charge in [0.25, 0.3) is 0 Å². The van der Waals surface area contributed by atoms with Crippen LogP contribution in [-0.2, 0) is 7.05 Å². The van der Waals surface area contributed by atoms with Crippen LogP contribution >= 0.6 is 11.3 Å². The zero-order valence-corrected chi connectivity index (χ0v) is 13.9. The van der Waals surface area contributed by atoms with Crippen molar-refractivity contribution in [3.8, 4) is 0 Å². The van der Waals surface area contributed by atoms with E-state index in [4.69, 9.17) is 0 Å². The molecule has 0 bridgehead atoms. The first-order valence-corrected chi connectivity index (χ1v) is 7.88. The Balaban J connectivity index is 2.13. The summed E-state index contributed by atoms with van der Waals surface area (Å²) in [7, 11) is 5.91. The first kappa shape index (κ1) is 16.2. The molecule has 0 saturated carbocycles. The zero-order valence-electron chi connectivity index (χ0n) is 13.1. The molecule has 21 heavy (non-hydrogen) atoms. The van der Waals surface area contributed by atoms with Crippen LogP contribution in [0.2, 0.25) is 0 Å². The molecule has 2 N–H and O–H groups in total. The van der Waals surface area contributed by atoms with Gasteiger partial charge in [-0.3, -0.25) is 0 Å². The summed E-state index contributed by atoms with van der Waals surface area (Å²) in [5.74, 6) is 0.957. The minimum atomic E-state index is -0.788. The molecule has 0 aliphatic carbocycles. The molecule has 0 radical (unpaired) electrons. The largest absolute Gasteiger partial charge is 0.388 e. The van der Waals surface area contributed by atoms with Gasteiger partial charge < -0.3 is 19.9 Å². The summed E-state index contributed by atoms with van der Waals surface area (Å²) < 4.78 is 2.01. The maximum absolute atomic E-state index is 10.5. The van der Waals surface area contributed by atoms with Crippen molar-refractivity contribution in [2.24, 2.45) is 7.05 Å². The number of aromatic nitrogens is 2. The van der Waals surface area contributed by atoms with Crippen molar-refractivity contribution >= 4 is 11.3 Å². The predicted molar refractivity (Wildman–Crippen MR) is 86.6 cm³/mol. The van der Waals surface area contributed by atoms with Crippen molar-refractivity contribution in [2.45, 2.75) is 18.6 Å². The second kappa shape index (κ2) is 6.70. The summed E-state index contributed by atoms with van der Waals surface area (Å²) in [5.41, 5.74) is -0.788. The SMILES string of the molecule is CN(C)CC(C)(O)CNC(c1cccs1)c1nccn1C. The molecule has 2 aromatic heterocycles. The first-order chi connectivity index (χ1) is 9.89. The van der Waals surface area contributed by atoms with Gasteiger partial charge in [0.15, 0.2) is 0 Å². The lowest BCUT2D eigenvalue weighted by Gasteiger charge is -2.29. The maximum Gasteiger partial charge on any atom is 0.131 e. The van der Waals surface area contributed by atoms with Gasteiger partial charge in [0.2, 0.25) is 0 Å². The van der Waals surface area contributed by atoms with Crippen molar-refractivity contribution in [3.05, 3.63) is 40.6 Å².